The first-order chi connectivity index (χ1) is 29.6. The standard InChI is InChI=1S/C41H43BrO21/c1-16-34(55-19(4)45)36(57-21(6)47)38(59-23(8)49)40(53-16)63-39-37(58-22(7)48)35(56-20(5)46)30(15-52-17(2)43)62-41(39)61-29-14-28-31(33(51)32(29)42)26(50)13-27(60-28)24-9-11-25(12-10-24)54-18(3)44/h9-14,16,30,34-41,51H,15H2,1-8H3/t16-,30+,34-,35+,36+,37-,38+,39+,40-,41+/m0/s1. The highest BCUT2D eigenvalue weighted by Crippen LogP contribution is 2.43. The molecule has 3 aromatic rings. The molecule has 21 nitrogen and oxygen atoms in total. The SMILES string of the molecule is CC(=O)OC[C@H]1O[C@@H](Oc2cc3oc(-c4ccc(OC(C)=O)cc4)cc(=O)c3c(O)c2Br)[C@H](O[C@@H]2O[C@@H](C)[C@H](OC(C)=O)[C@@H](OC(C)=O)[C@H]2OC(C)=O)[C@@H](OC(C)=O)[C@@H]1OC(C)=O. The molecule has 340 valence electrons. The average molecular weight is 952 g/mol. The summed E-state index contributed by atoms with van der Waals surface area (Å²) in [6, 6.07) is 8.31. The Balaban J connectivity index is 1.66. The first-order valence-corrected chi connectivity index (χ1v) is 19.8. The zero-order valence-corrected chi connectivity index (χ0v) is 36.5. The molecule has 5 rings (SSSR count). The Bertz CT molecular complexity index is 2310. The van der Waals surface area contributed by atoms with Crippen LogP contribution in [0.1, 0.15) is 55.4 Å². The van der Waals surface area contributed by atoms with Crippen molar-refractivity contribution in [3.05, 3.63) is 51.1 Å². The van der Waals surface area contributed by atoms with Gasteiger partial charge in [0.2, 0.25) is 6.29 Å². The van der Waals surface area contributed by atoms with Gasteiger partial charge in [-0.2, -0.15) is 0 Å². The summed E-state index contributed by atoms with van der Waals surface area (Å²) >= 11 is 3.25. The number of rotatable bonds is 13. The zero-order chi connectivity index (χ0) is 46.4. The quantitative estimate of drug-likeness (QED) is 0.146. The lowest BCUT2D eigenvalue weighted by molar-refractivity contribution is -0.356. The van der Waals surface area contributed by atoms with Gasteiger partial charge in [-0.3, -0.25) is 38.4 Å². The maximum atomic E-state index is 13.4. The monoisotopic (exact) mass is 950 g/mol. The molecule has 2 aromatic carbocycles. The van der Waals surface area contributed by atoms with Gasteiger partial charge in [-0.05, 0) is 47.1 Å². The van der Waals surface area contributed by atoms with Crippen molar-refractivity contribution >= 4 is 68.7 Å². The normalized spacial score (nSPS) is 25.5. The highest BCUT2D eigenvalue weighted by Gasteiger charge is 2.57. The van der Waals surface area contributed by atoms with E-state index in [1.165, 1.54) is 44.2 Å². The van der Waals surface area contributed by atoms with Crippen molar-refractivity contribution in [1.29, 1.82) is 0 Å². The van der Waals surface area contributed by atoms with E-state index < -0.39 is 121 Å². The number of carbonyl (C=O) groups is 7. The van der Waals surface area contributed by atoms with Crippen molar-refractivity contribution in [2.45, 2.75) is 117 Å². The van der Waals surface area contributed by atoms with Crippen molar-refractivity contribution in [2.24, 2.45) is 0 Å². The highest BCUT2D eigenvalue weighted by molar-refractivity contribution is 9.10. The zero-order valence-electron chi connectivity index (χ0n) is 34.9. The van der Waals surface area contributed by atoms with E-state index in [2.05, 4.69) is 15.9 Å². The van der Waals surface area contributed by atoms with Gasteiger partial charge in [0.05, 0.1) is 6.10 Å². The fraction of sp³-hybridized carbons (Fsp3) is 0.463. The second-order valence-electron chi connectivity index (χ2n) is 14.1. The number of esters is 7. The molecule has 3 heterocycles. The molecule has 0 aliphatic carbocycles. The number of ether oxygens (including phenoxy) is 11. The Labute approximate surface area is 366 Å². The Morgan fingerprint density at radius 3 is 1.75 bits per heavy atom. The largest absolute Gasteiger partial charge is 0.506 e. The number of hydrogen-bond acceptors (Lipinski definition) is 21. The van der Waals surface area contributed by atoms with E-state index in [4.69, 9.17) is 56.5 Å². The summed E-state index contributed by atoms with van der Waals surface area (Å²) in [4.78, 5) is 99.3. The number of carbonyl (C=O) groups excluding carboxylic acids is 7. The molecule has 2 aliphatic heterocycles. The Morgan fingerprint density at radius 2 is 1.19 bits per heavy atom. The Morgan fingerprint density at radius 1 is 0.651 bits per heavy atom. The van der Waals surface area contributed by atoms with Gasteiger partial charge in [0.1, 0.15) is 51.2 Å². The topological polar surface area (TPSA) is 271 Å². The lowest BCUT2D eigenvalue weighted by Crippen LogP contribution is -2.67. The van der Waals surface area contributed by atoms with Crippen LogP contribution in [-0.2, 0) is 76.2 Å². The highest BCUT2D eigenvalue weighted by atomic mass is 79.9. The van der Waals surface area contributed by atoms with Gasteiger partial charge in [-0.1, -0.05) is 0 Å². The smallest absolute Gasteiger partial charge is 0.308 e. The second-order valence-corrected chi connectivity index (χ2v) is 14.9. The maximum absolute atomic E-state index is 13.4. The van der Waals surface area contributed by atoms with Crippen molar-refractivity contribution < 1.29 is 95.2 Å². The Hall–Kier alpha value is -6.10. The molecule has 1 aromatic heterocycles. The number of phenolic OH excluding ortho intramolecular Hbond substituents is 1. The molecule has 2 saturated heterocycles. The summed E-state index contributed by atoms with van der Waals surface area (Å²) < 4.78 is 68.9. The van der Waals surface area contributed by atoms with E-state index in [1.54, 1.807) is 0 Å². The fourth-order valence-electron chi connectivity index (χ4n) is 6.81. The molecule has 0 spiro atoms. The van der Waals surface area contributed by atoms with Crippen LogP contribution in [0.2, 0.25) is 0 Å². The third kappa shape index (κ3) is 11.9. The molecule has 2 aliphatic rings. The molecule has 10 atom stereocenters. The van der Waals surface area contributed by atoms with E-state index >= 15 is 0 Å². The van der Waals surface area contributed by atoms with Crippen molar-refractivity contribution in [2.75, 3.05) is 6.61 Å². The second kappa shape index (κ2) is 20.4. The summed E-state index contributed by atoms with van der Waals surface area (Å²) in [5, 5.41) is 11.1. The van der Waals surface area contributed by atoms with Crippen molar-refractivity contribution in [3.63, 3.8) is 0 Å². The summed E-state index contributed by atoms with van der Waals surface area (Å²) in [5.74, 6) is -6.45. The van der Waals surface area contributed by atoms with E-state index in [0.717, 1.165) is 47.6 Å². The summed E-state index contributed by atoms with van der Waals surface area (Å²) in [5.41, 5.74) is -0.512. The van der Waals surface area contributed by atoms with Crippen LogP contribution in [0.25, 0.3) is 22.3 Å². The predicted octanol–water partition coefficient (Wildman–Crippen LogP) is 3.31. The number of aromatic hydroxyl groups is 1. The maximum Gasteiger partial charge on any atom is 0.308 e. The fourth-order valence-corrected chi connectivity index (χ4v) is 7.21. The molecule has 2 fully saturated rings. The van der Waals surface area contributed by atoms with Gasteiger partial charge >= 0.3 is 41.8 Å². The van der Waals surface area contributed by atoms with Crippen LogP contribution in [-0.4, -0.2) is 115 Å². The summed E-state index contributed by atoms with van der Waals surface area (Å²) in [6.07, 6.45) is -16.0. The average Bonchev–Trinajstić information content (AvgIpc) is 3.17. The van der Waals surface area contributed by atoms with Gasteiger partial charge in [-0.15, -0.1) is 0 Å². The molecule has 1 N–H and O–H groups in total. The van der Waals surface area contributed by atoms with Gasteiger partial charge in [0.25, 0.3) is 0 Å². The minimum atomic E-state index is -1.85. The van der Waals surface area contributed by atoms with Crippen LogP contribution in [0.4, 0.5) is 0 Å². The molecular weight excluding hydrogens is 908 g/mol. The van der Waals surface area contributed by atoms with E-state index in [9.17, 15) is 43.5 Å². The molecular formula is C41H43BrO21. The molecule has 0 saturated carbocycles. The van der Waals surface area contributed by atoms with Crippen LogP contribution in [0.5, 0.6) is 17.2 Å². The molecule has 0 bridgehead atoms. The third-order valence-electron chi connectivity index (χ3n) is 9.11. The Kier molecular flexibility index (Phi) is 15.5. The number of halogens is 1. The summed E-state index contributed by atoms with van der Waals surface area (Å²) in [6.45, 7) is 8.38. The van der Waals surface area contributed by atoms with E-state index in [-0.39, 0.29) is 32.7 Å². The minimum absolute atomic E-state index is 0.0275. The van der Waals surface area contributed by atoms with Gasteiger partial charge < -0.3 is 61.6 Å². The van der Waals surface area contributed by atoms with Crippen LogP contribution in [0, 0.1) is 0 Å². The molecule has 22 heteroatoms. The van der Waals surface area contributed by atoms with Crippen LogP contribution >= 0.6 is 15.9 Å². The van der Waals surface area contributed by atoms with Gasteiger partial charge in [0, 0.05) is 66.2 Å². The lowest BCUT2D eigenvalue weighted by atomic mass is 9.96. The van der Waals surface area contributed by atoms with Gasteiger partial charge in [-0.25, -0.2) is 0 Å². The van der Waals surface area contributed by atoms with E-state index in [1.807, 2.05) is 0 Å². The molecule has 0 amide bonds. The van der Waals surface area contributed by atoms with Crippen molar-refractivity contribution in [1.82, 2.24) is 0 Å². The first kappa shape index (κ1) is 47.9. The number of hydrogen-bond donors (Lipinski definition) is 1. The molecule has 63 heavy (non-hydrogen) atoms. The van der Waals surface area contributed by atoms with Crippen molar-refractivity contribution in [3.8, 4) is 28.6 Å². The predicted molar refractivity (Wildman–Crippen MR) is 211 cm³/mol. The van der Waals surface area contributed by atoms with E-state index in [0.29, 0.717) is 5.56 Å². The molecule has 0 radical (unpaired) electrons. The lowest BCUT2D eigenvalue weighted by Gasteiger charge is -2.48. The van der Waals surface area contributed by atoms with Crippen LogP contribution in [0.15, 0.2) is 50.1 Å². The van der Waals surface area contributed by atoms with Crippen LogP contribution in [0.3, 0.4) is 0 Å². The number of phenols is 1. The number of fused-ring (bicyclic) bond motifs is 1. The molecule has 0 unspecified atom stereocenters. The van der Waals surface area contributed by atoms with Gasteiger partial charge in [0.15, 0.2) is 48.3 Å². The van der Waals surface area contributed by atoms with Crippen LogP contribution < -0.4 is 14.9 Å². The first-order valence-electron chi connectivity index (χ1n) is 19.0. The number of benzene rings is 2. The third-order valence-corrected chi connectivity index (χ3v) is 9.88. The summed E-state index contributed by atoms with van der Waals surface area (Å²) in [7, 11) is 0. The minimum Gasteiger partial charge on any atom is -0.506 e.